The first kappa shape index (κ1) is 21.8. The Hall–Kier alpha value is -1.89. The minimum atomic E-state index is -3.62. The number of ether oxygens (including phenoxy) is 1. The van der Waals surface area contributed by atoms with E-state index >= 15 is 0 Å². The van der Waals surface area contributed by atoms with Crippen molar-refractivity contribution in [3.05, 3.63) is 59.7 Å². The molecule has 5 nitrogen and oxygen atoms in total. The molecule has 2 aromatic carbocycles. The standard InChI is InChI=1S/C23H31NO4S/c1-4-7-15-23(5-2)17-29(26,27)21-16-19(28-6-3)13-14-20(21)22(24(23)25)18-11-9-8-10-12-18/h8-14,16,22,25H,4-7,15,17H2,1-3H3/t22-,23-/m0/s1. The van der Waals surface area contributed by atoms with E-state index in [1.54, 1.807) is 18.2 Å². The van der Waals surface area contributed by atoms with Gasteiger partial charge in [-0.15, -0.1) is 0 Å². The van der Waals surface area contributed by atoms with E-state index in [2.05, 4.69) is 6.92 Å². The Bertz CT molecular complexity index is 929. The molecule has 6 heteroatoms. The fourth-order valence-electron chi connectivity index (χ4n) is 4.26. The van der Waals surface area contributed by atoms with Gasteiger partial charge in [0.1, 0.15) is 5.75 Å². The van der Waals surface area contributed by atoms with E-state index < -0.39 is 21.4 Å². The highest BCUT2D eigenvalue weighted by atomic mass is 32.2. The maximum atomic E-state index is 13.5. The van der Waals surface area contributed by atoms with Gasteiger partial charge in [0.25, 0.3) is 0 Å². The average Bonchev–Trinajstić information content (AvgIpc) is 2.79. The minimum Gasteiger partial charge on any atom is -0.494 e. The van der Waals surface area contributed by atoms with Crippen molar-refractivity contribution in [1.82, 2.24) is 5.06 Å². The molecule has 1 aliphatic rings. The van der Waals surface area contributed by atoms with Crippen molar-refractivity contribution >= 4 is 9.84 Å². The van der Waals surface area contributed by atoms with Gasteiger partial charge in [-0.1, -0.05) is 63.1 Å². The fourth-order valence-corrected chi connectivity index (χ4v) is 6.44. The number of unbranched alkanes of at least 4 members (excludes halogenated alkanes) is 1. The zero-order valence-electron chi connectivity index (χ0n) is 17.5. The van der Waals surface area contributed by atoms with Gasteiger partial charge in [-0.25, -0.2) is 8.42 Å². The summed E-state index contributed by atoms with van der Waals surface area (Å²) in [5.41, 5.74) is 0.612. The highest BCUT2D eigenvalue weighted by molar-refractivity contribution is 7.91. The van der Waals surface area contributed by atoms with Crippen LogP contribution >= 0.6 is 0 Å². The van der Waals surface area contributed by atoms with Crippen LogP contribution < -0.4 is 4.74 Å². The largest absolute Gasteiger partial charge is 0.494 e. The number of rotatable bonds is 7. The van der Waals surface area contributed by atoms with Crippen LogP contribution in [0.25, 0.3) is 0 Å². The number of sulfone groups is 1. The molecule has 0 aliphatic carbocycles. The molecule has 0 spiro atoms. The van der Waals surface area contributed by atoms with E-state index in [1.807, 2.05) is 44.2 Å². The Balaban J connectivity index is 2.26. The summed E-state index contributed by atoms with van der Waals surface area (Å²) in [6.07, 6.45) is 2.94. The van der Waals surface area contributed by atoms with Crippen LogP contribution in [0.5, 0.6) is 5.75 Å². The molecule has 0 fully saturated rings. The quantitative estimate of drug-likeness (QED) is 0.687. The van der Waals surface area contributed by atoms with E-state index in [0.717, 1.165) is 18.4 Å². The Morgan fingerprint density at radius 3 is 2.48 bits per heavy atom. The van der Waals surface area contributed by atoms with Gasteiger partial charge in [0.2, 0.25) is 0 Å². The van der Waals surface area contributed by atoms with E-state index in [-0.39, 0.29) is 10.6 Å². The number of hydroxylamine groups is 2. The smallest absolute Gasteiger partial charge is 0.180 e. The molecule has 1 aliphatic heterocycles. The molecule has 1 N–H and O–H groups in total. The SMILES string of the molecule is CCCC[C@@]1(CC)CS(=O)(=O)c2cc(OCC)ccc2[C@H](c2ccccc2)N1O. The monoisotopic (exact) mass is 417 g/mol. The number of hydrogen-bond acceptors (Lipinski definition) is 5. The molecule has 29 heavy (non-hydrogen) atoms. The molecule has 2 aromatic rings. The number of nitrogens with zero attached hydrogens (tertiary/aromatic N) is 1. The lowest BCUT2D eigenvalue weighted by molar-refractivity contribution is -0.193. The molecule has 0 aromatic heterocycles. The summed E-state index contributed by atoms with van der Waals surface area (Å²) in [4.78, 5) is 0.253. The van der Waals surface area contributed by atoms with Crippen molar-refractivity contribution in [2.24, 2.45) is 0 Å². The molecule has 0 amide bonds. The van der Waals surface area contributed by atoms with Crippen LogP contribution in [0.4, 0.5) is 0 Å². The summed E-state index contributed by atoms with van der Waals surface area (Å²) >= 11 is 0. The Morgan fingerprint density at radius 2 is 1.86 bits per heavy atom. The van der Waals surface area contributed by atoms with Crippen molar-refractivity contribution in [2.45, 2.75) is 62.9 Å². The predicted octanol–water partition coefficient (Wildman–Crippen LogP) is 4.99. The van der Waals surface area contributed by atoms with Crippen molar-refractivity contribution in [3.63, 3.8) is 0 Å². The number of benzene rings is 2. The van der Waals surface area contributed by atoms with Gasteiger partial charge in [-0.2, -0.15) is 5.06 Å². The summed E-state index contributed by atoms with van der Waals surface area (Å²) in [6.45, 7) is 6.36. The maximum Gasteiger partial charge on any atom is 0.180 e. The molecule has 3 rings (SSSR count). The normalized spacial score (nSPS) is 23.9. The van der Waals surface area contributed by atoms with E-state index in [9.17, 15) is 13.6 Å². The van der Waals surface area contributed by atoms with Crippen molar-refractivity contribution in [1.29, 1.82) is 0 Å². The topological polar surface area (TPSA) is 66.8 Å². The van der Waals surface area contributed by atoms with Crippen molar-refractivity contribution < 1.29 is 18.4 Å². The first-order chi connectivity index (χ1) is 13.9. The molecule has 0 unspecified atom stereocenters. The average molecular weight is 418 g/mol. The third kappa shape index (κ3) is 4.20. The van der Waals surface area contributed by atoms with Gasteiger partial charge >= 0.3 is 0 Å². The Kier molecular flexibility index (Phi) is 6.66. The third-order valence-electron chi connectivity index (χ3n) is 5.88. The van der Waals surface area contributed by atoms with Gasteiger partial charge in [0.05, 0.1) is 28.8 Å². The summed E-state index contributed by atoms with van der Waals surface area (Å²) in [5.74, 6) is 0.419. The second-order valence-corrected chi connectivity index (χ2v) is 9.69. The van der Waals surface area contributed by atoms with Crippen LogP contribution in [0, 0.1) is 0 Å². The summed E-state index contributed by atoms with van der Waals surface area (Å²) in [7, 11) is -3.62. The lowest BCUT2D eigenvalue weighted by Crippen LogP contribution is -2.51. The highest BCUT2D eigenvalue weighted by Crippen LogP contribution is 2.44. The van der Waals surface area contributed by atoms with Crippen LogP contribution in [-0.2, 0) is 9.84 Å². The molecule has 158 valence electrons. The van der Waals surface area contributed by atoms with Crippen LogP contribution in [0.2, 0.25) is 0 Å². The van der Waals surface area contributed by atoms with Gasteiger partial charge in [-0.05, 0) is 43.0 Å². The number of hydrogen-bond donors (Lipinski definition) is 1. The van der Waals surface area contributed by atoms with Crippen molar-refractivity contribution in [2.75, 3.05) is 12.4 Å². The second-order valence-electron chi connectivity index (χ2n) is 7.73. The molecular formula is C23H31NO4S. The van der Waals surface area contributed by atoms with E-state index in [1.165, 1.54) is 5.06 Å². The minimum absolute atomic E-state index is 0.112. The molecule has 2 atom stereocenters. The lowest BCUT2D eigenvalue weighted by atomic mass is 9.87. The van der Waals surface area contributed by atoms with E-state index in [4.69, 9.17) is 4.74 Å². The van der Waals surface area contributed by atoms with Crippen LogP contribution in [0.3, 0.4) is 0 Å². The summed E-state index contributed by atoms with van der Waals surface area (Å²) < 4.78 is 32.6. The zero-order valence-corrected chi connectivity index (χ0v) is 18.3. The molecule has 0 radical (unpaired) electrons. The lowest BCUT2D eigenvalue weighted by Gasteiger charge is -2.42. The van der Waals surface area contributed by atoms with Crippen LogP contribution in [0.1, 0.15) is 63.6 Å². The molecule has 0 saturated carbocycles. The van der Waals surface area contributed by atoms with Gasteiger partial charge in [-0.3, -0.25) is 0 Å². The Morgan fingerprint density at radius 1 is 1.14 bits per heavy atom. The summed E-state index contributed by atoms with van der Waals surface area (Å²) in [6, 6.07) is 14.2. The van der Waals surface area contributed by atoms with Gasteiger partial charge < -0.3 is 9.94 Å². The summed E-state index contributed by atoms with van der Waals surface area (Å²) in [5, 5.41) is 12.8. The fraction of sp³-hybridized carbons (Fsp3) is 0.478. The molecular weight excluding hydrogens is 386 g/mol. The van der Waals surface area contributed by atoms with Crippen LogP contribution in [-0.4, -0.2) is 36.6 Å². The first-order valence-corrected chi connectivity index (χ1v) is 12.1. The maximum absolute atomic E-state index is 13.5. The number of fused-ring (bicyclic) bond motifs is 1. The molecule has 1 heterocycles. The third-order valence-corrected chi connectivity index (χ3v) is 7.83. The van der Waals surface area contributed by atoms with Gasteiger partial charge in [0, 0.05) is 0 Å². The van der Waals surface area contributed by atoms with E-state index in [0.29, 0.717) is 30.8 Å². The predicted molar refractivity (Wildman–Crippen MR) is 114 cm³/mol. The Labute approximate surface area is 174 Å². The first-order valence-electron chi connectivity index (χ1n) is 10.4. The highest BCUT2D eigenvalue weighted by Gasteiger charge is 2.47. The van der Waals surface area contributed by atoms with Crippen molar-refractivity contribution in [3.8, 4) is 5.75 Å². The molecule has 0 saturated heterocycles. The van der Waals surface area contributed by atoms with Crippen LogP contribution in [0.15, 0.2) is 53.4 Å². The zero-order chi connectivity index (χ0) is 21.1. The van der Waals surface area contributed by atoms with Gasteiger partial charge in [0.15, 0.2) is 9.84 Å². The second kappa shape index (κ2) is 8.86. The molecule has 0 bridgehead atoms.